The van der Waals surface area contributed by atoms with E-state index in [-0.39, 0.29) is 12.6 Å². The van der Waals surface area contributed by atoms with Crippen molar-refractivity contribution in [2.24, 2.45) is 0 Å². The van der Waals surface area contributed by atoms with Gasteiger partial charge >= 0.3 is 0 Å². The monoisotopic (exact) mass is 240 g/mol. The van der Waals surface area contributed by atoms with Crippen LogP contribution in [0.5, 0.6) is 0 Å². The Morgan fingerprint density at radius 1 is 1.62 bits per heavy atom. The molecular weight excluding hydrogens is 220 g/mol. The molecule has 0 saturated heterocycles. The lowest BCUT2D eigenvalue weighted by molar-refractivity contribution is 0.237. The Hall–Kier alpha value is -0.450. The molecule has 1 aromatic rings. The molecule has 2 atom stereocenters. The molecule has 16 heavy (non-hydrogen) atoms. The zero-order valence-corrected chi connectivity index (χ0v) is 10.8. The molecular formula is C12H20N2OS. The zero-order valence-electron chi connectivity index (χ0n) is 9.99. The molecule has 1 heterocycles. The molecule has 0 radical (unpaired) electrons. The number of aromatic nitrogens is 1. The summed E-state index contributed by atoms with van der Waals surface area (Å²) in [6, 6.07) is 0.576. The average molecular weight is 240 g/mol. The van der Waals surface area contributed by atoms with Gasteiger partial charge in [0.15, 0.2) is 0 Å². The van der Waals surface area contributed by atoms with E-state index in [4.69, 9.17) is 5.11 Å². The summed E-state index contributed by atoms with van der Waals surface area (Å²) in [5, 5.41) is 13.8. The quantitative estimate of drug-likeness (QED) is 0.846. The minimum Gasteiger partial charge on any atom is -0.395 e. The summed E-state index contributed by atoms with van der Waals surface area (Å²) in [6.07, 6.45) is 4.52. The van der Waals surface area contributed by atoms with Crippen LogP contribution in [0.25, 0.3) is 0 Å². The van der Waals surface area contributed by atoms with E-state index in [1.807, 2.05) is 18.3 Å². The van der Waals surface area contributed by atoms with E-state index >= 15 is 0 Å². The van der Waals surface area contributed by atoms with Gasteiger partial charge in [-0.15, -0.1) is 11.3 Å². The van der Waals surface area contributed by atoms with Gasteiger partial charge in [-0.3, -0.25) is 0 Å². The number of aliphatic hydroxyl groups excluding tert-OH is 1. The lowest BCUT2D eigenvalue weighted by Gasteiger charge is -2.25. The molecule has 0 bridgehead atoms. The second-order valence-corrected chi connectivity index (χ2v) is 5.58. The van der Waals surface area contributed by atoms with Crippen LogP contribution in [0, 0.1) is 0 Å². The minimum absolute atomic E-state index is 0.170. The molecule has 3 nitrogen and oxygen atoms in total. The fourth-order valence-corrected chi connectivity index (χ4v) is 3.32. The van der Waals surface area contributed by atoms with E-state index in [9.17, 15) is 0 Å². The Kier molecular flexibility index (Phi) is 3.95. The van der Waals surface area contributed by atoms with Crippen LogP contribution in [0.3, 0.4) is 0 Å². The first-order valence-corrected chi connectivity index (χ1v) is 6.91. The van der Waals surface area contributed by atoms with Crippen molar-refractivity contribution in [2.75, 3.05) is 6.61 Å². The molecule has 0 amide bonds. The number of aryl methyl sites for hydroxylation is 2. The van der Waals surface area contributed by atoms with E-state index < -0.39 is 0 Å². The van der Waals surface area contributed by atoms with Crippen molar-refractivity contribution in [1.82, 2.24) is 10.3 Å². The van der Waals surface area contributed by atoms with Crippen LogP contribution in [0.1, 0.15) is 48.3 Å². The highest BCUT2D eigenvalue weighted by Crippen LogP contribution is 2.34. The SMILES string of the molecule is CCc1nc2c(s1)C(NC(C)CO)CCC2. The van der Waals surface area contributed by atoms with Crippen molar-refractivity contribution in [3.8, 4) is 0 Å². The summed E-state index contributed by atoms with van der Waals surface area (Å²) < 4.78 is 0. The number of fused-ring (bicyclic) bond motifs is 1. The number of hydrogen-bond donors (Lipinski definition) is 2. The molecule has 0 fully saturated rings. The Balaban J connectivity index is 2.15. The molecule has 2 unspecified atom stereocenters. The summed E-state index contributed by atoms with van der Waals surface area (Å²) >= 11 is 1.84. The number of aliphatic hydroxyl groups is 1. The van der Waals surface area contributed by atoms with Gasteiger partial charge in [0.2, 0.25) is 0 Å². The second-order valence-electron chi connectivity index (χ2n) is 4.47. The summed E-state index contributed by atoms with van der Waals surface area (Å²) in [7, 11) is 0. The predicted octanol–water partition coefficient (Wildman–Crippen LogP) is 2.05. The van der Waals surface area contributed by atoms with Crippen LogP contribution in [-0.2, 0) is 12.8 Å². The maximum atomic E-state index is 9.09. The maximum absolute atomic E-state index is 9.09. The molecule has 1 aliphatic carbocycles. The van der Waals surface area contributed by atoms with Crippen LogP contribution in [0.15, 0.2) is 0 Å². The number of nitrogens with zero attached hydrogens (tertiary/aromatic N) is 1. The first-order chi connectivity index (χ1) is 7.74. The molecule has 0 spiro atoms. The van der Waals surface area contributed by atoms with Gasteiger partial charge in [0, 0.05) is 17.0 Å². The largest absolute Gasteiger partial charge is 0.395 e. The Morgan fingerprint density at radius 2 is 2.44 bits per heavy atom. The van der Waals surface area contributed by atoms with Crippen molar-refractivity contribution in [3.63, 3.8) is 0 Å². The molecule has 2 N–H and O–H groups in total. The number of hydrogen-bond acceptors (Lipinski definition) is 4. The molecule has 90 valence electrons. The van der Waals surface area contributed by atoms with Gasteiger partial charge in [-0.2, -0.15) is 0 Å². The van der Waals surface area contributed by atoms with Gasteiger partial charge in [-0.05, 0) is 32.6 Å². The highest BCUT2D eigenvalue weighted by atomic mass is 32.1. The molecule has 4 heteroatoms. The molecule has 2 rings (SSSR count). The zero-order chi connectivity index (χ0) is 11.5. The van der Waals surface area contributed by atoms with E-state index in [1.54, 1.807) is 0 Å². The van der Waals surface area contributed by atoms with Crippen molar-refractivity contribution in [3.05, 3.63) is 15.6 Å². The van der Waals surface area contributed by atoms with Gasteiger partial charge in [-0.25, -0.2) is 4.98 Å². The summed E-state index contributed by atoms with van der Waals surface area (Å²) in [4.78, 5) is 6.07. The molecule has 1 aromatic heterocycles. The van der Waals surface area contributed by atoms with E-state index in [0.29, 0.717) is 6.04 Å². The lowest BCUT2D eigenvalue weighted by Crippen LogP contribution is -2.34. The topological polar surface area (TPSA) is 45.2 Å². The lowest BCUT2D eigenvalue weighted by atomic mass is 9.97. The Morgan fingerprint density at radius 3 is 3.12 bits per heavy atom. The first kappa shape index (κ1) is 12.0. The van der Waals surface area contributed by atoms with Gasteiger partial charge in [0.1, 0.15) is 0 Å². The third-order valence-corrected chi connectivity index (χ3v) is 4.41. The molecule has 0 aliphatic heterocycles. The second kappa shape index (κ2) is 5.25. The van der Waals surface area contributed by atoms with Gasteiger partial charge in [0.25, 0.3) is 0 Å². The first-order valence-electron chi connectivity index (χ1n) is 6.10. The Bertz CT molecular complexity index is 351. The number of nitrogens with one attached hydrogen (secondary N) is 1. The predicted molar refractivity (Wildman–Crippen MR) is 66.9 cm³/mol. The van der Waals surface area contributed by atoms with Crippen LogP contribution < -0.4 is 5.32 Å². The normalized spacial score (nSPS) is 21.8. The van der Waals surface area contributed by atoms with Crippen molar-refractivity contribution in [2.45, 2.75) is 51.6 Å². The smallest absolute Gasteiger partial charge is 0.0928 e. The van der Waals surface area contributed by atoms with Crippen molar-refractivity contribution < 1.29 is 5.11 Å². The Labute approximate surface area is 101 Å². The minimum atomic E-state index is 0.170. The van der Waals surface area contributed by atoms with Gasteiger partial charge in [-0.1, -0.05) is 6.92 Å². The van der Waals surface area contributed by atoms with E-state index in [2.05, 4.69) is 17.2 Å². The summed E-state index contributed by atoms with van der Waals surface area (Å²) in [5.74, 6) is 0. The third-order valence-electron chi connectivity index (χ3n) is 3.06. The fraction of sp³-hybridized carbons (Fsp3) is 0.750. The summed E-state index contributed by atoms with van der Waals surface area (Å²) in [6.45, 7) is 4.38. The highest BCUT2D eigenvalue weighted by molar-refractivity contribution is 7.11. The van der Waals surface area contributed by atoms with Crippen molar-refractivity contribution >= 4 is 11.3 Å². The standard InChI is InChI=1S/C12H20N2OS/c1-3-11-14-10-6-4-5-9(12(10)16-11)13-8(2)7-15/h8-9,13,15H,3-7H2,1-2H3. The average Bonchev–Trinajstić information content (AvgIpc) is 2.73. The number of thiazole rings is 1. The van der Waals surface area contributed by atoms with Crippen LogP contribution in [-0.4, -0.2) is 22.7 Å². The van der Waals surface area contributed by atoms with Crippen molar-refractivity contribution in [1.29, 1.82) is 0 Å². The molecule has 0 saturated carbocycles. The fourth-order valence-electron chi connectivity index (χ4n) is 2.18. The van der Waals surface area contributed by atoms with Crippen LogP contribution in [0.4, 0.5) is 0 Å². The van der Waals surface area contributed by atoms with Crippen LogP contribution >= 0.6 is 11.3 Å². The van der Waals surface area contributed by atoms with Crippen LogP contribution in [0.2, 0.25) is 0 Å². The van der Waals surface area contributed by atoms with E-state index in [1.165, 1.54) is 28.4 Å². The van der Waals surface area contributed by atoms with E-state index in [0.717, 1.165) is 12.8 Å². The van der Waals surface area contributed by atoms with Gasteiger partial charge in [0.05, 0.1) is 17.3 Å². The maximum Gasteiger partial charge on any atom is 0.0928 e. The van der Waals surface area contributed by atoms with Gasteiger partial charge < -0.3 is 10.4 Å². The third kappa shape index (κ3) is 2.44. The molecule has 0 aromatic carbocycles. The highest BCUT2D eigenvalue weighted by Gasteiger charge is 2.24. The number of rotatable bonds is 4. The summed E-state index contributed by atoms with van der Waals surface area (Å²) in [5.41, 5.74) is 1.29. The molecule has 1 aliphatic rings.